The molecule has 0 aliphatic heterocycles. The maximum atomic E-state index is 13.4. The molecule has 0 atom stereocenters. The smallest absolute Gasteiger partial charge is 0.272 e. The molecule has 0 spiro atoms. The second kappa shape index (κ2) is 11.5. The van der Waals surface area contributed by atoms with Crippen molar-refractivity contribution in [1.29, 1.82) is 0 Å². The summed E-state index contributed by atoms with van der Waals surface area (Å²) in [6.07, 6.45) is 10.8. The fourth-order valence-electron chi connectivity index (χ4n) is 4.45. The summed E-state index contributed by atoms with van der Waals surface area (Å²) < 4.78 is 5.74. The van der Waals surface area contributed by atoms with E-state index in [1.807, 2.05) is 44.9 Å². The summed E-state index contributed by atoms with van der Waals surface area (Å²) in [7, 11) is 1.87. The molecule has 1 aromatic carbocycles. The van der Waals surface area contributed by atoms with Crippen molar-refractivity contribution in [2.45, 2.75) is 78.6 Å². The molecule has 0 unspecified atom stereocenters. The Kier molecular flexibility index (Phi) is 9.20. The zero-order valence-corrected chi connectivity index (χ0v) is 22.2. The fourth-order valence-corrected chi connectivity index (χ4v) is 4.45. The number of likely N-dealkylation sites (N-methyl/N-ethyl adjacent to an activating group) is 1. The molecule has 5 heteroatoms. The number of hydrogen-bond acceptors (Lipinski definition) is 4. The first-order valence-electron chi connectivity index (χ1n) is 12.2. The van der Waals surface area contributed by atoms with Crippen LogP contribution in [0.3, 0.4) is 0 Å². The Labute approximate surface area is 205 Å². The van der Waals surface area contributed by atoms with Gasteiger partial charge in [0.05, 0.1) is 18.6 Å². The first kappa shape index (κ1) is 27.3. The summed E-state index contributed by atoms with van der Waals surface area (Å²) in [5, 5.41) is 12.3. The third-order valence-electron chi connectivity index (χ3n) is 6.65. The molecule has 0 fully saturated rings. The van der Waals surface area contributed by atoms with E-state index in [0.717, 1.165) is 31.2 Å². The quantitative estimate of drug-likeness (QED) is 0.239. The highest BCUT2D eigenvalue weighted by molar-refractivity contribution is 5.98. The number of nitrogens with zero attached hydrogens (tertiary/aromatic N) is 1. The van der Waals surface area contributed by atoms with Crippen LogP contribution in [0, 0.1) is 0 Å². The summed E-state index contributed by atoms with van der Waals surface area (Å²) in [5.74, 6) is 0.367. The summed E-state index contributed by atoms with van der Waals surface area (Å²) in [6, 6.07) is 6.48. The molecule has 1 aliphatic rings. The molecule has 1 amide bonds. The number of nitrogens with one attached hydrogen (secondary N) is 1. The number of rotatable bonds is 9. The Morgan fingerprint density at radius 1 is 1.15 bits per heavy atom. The number of benzene rings is 1. The van der Waals surface area contributed by atoms with Crippen molar-refractivity contribution in [2.75, 3.05) is 18.6 Å². The molecule has 2 rings (SSSR count). The van der Waals surface area contributed by atoms with Gasteiger partial charge in [0, 0.05) is 12.7 Å². The molecule has 1 aromatic rings. The standard InChI is InChI=1S/C29H42N2O3/c1-9-13-26(34-11-3)24(10-2)30-27(33)25(14-12-19-32)31(8)21-15-16-22-23(20-21)29(6,7)18-17-28(22,4)5/h10,12-16,19-20,32H,9,11,17-18H2,1-8H3,(H,30,33)/b19-12-,24-10+,25-14-,26-13+. The average Bonchev–Trinajstić information content (AvgIpc) is 2.80. The molecule has 2 N–H and O–H groups in total. The molecule has 1 aliphatic carbocycles. The maximum absolute atomic E-state index is 13.4. The molecule has 0 heterocycles. The molecule has 0 saturated heterocycles. The Balaban J connectivity index is 2.45. The Morgan fingerprint density at radius 2 is 1.79 bits per heavy atom. The summed E-state index contributed by atoms with van der Waals surface area (Å²) in [5.41, 5.74) is 4.83. The predicted molar refractivity (Wildman–Crippen MR) is 142 cm³/mol. The Hall–Kier alpha value is -2.95. The Bertz CT molecular complexity index is 997. The Morgan fingerprint density at radius 3 is 2.35 bits per heavy atom. The van der Waals surface area contributed by atoms with Crippen LogP contribution in [-0.4, -0.2) is 24.7 Å². The van der Waals surface area contributed by atoms with Gasteiger partial charge in [-0.05, 0) is 85.4 Å². The number of ether oxygens (including phenoxy) is 1. The first-order valence-corrected chi connectivity index (χ1v) is 12.2. The second-order valence-corrected chi connectivity index (χ2v) is 10.0. The highest BCUT2D eigenvalue weighted by atomic mass is 16.5. The maximum Gasteiger partial charge on any atom is 0.272 e. The van der Waals surface area contributed by atoms with Crippen LogP contribution in [-0.2, 0) is 20.4 Å². The zero-order valence-electron chi connectivity index (χ0n) is 22.2. The van der Waals surface area contributed by atoms with E-state index in [1.54, 1.807) is 6.08 Å². The van der Waals surface area contributed by atoms with E-state index in [0.29, 0.717) is 23.8 Å². The van der Waals surface area contributed by atoms with Gasteiger partial charge in [0.15, 0.2) is 0 Å². The first-order chi connectivity index (χ1) is 16.0. The fraction of sp³-hybridized carbons (Fsp3) is 0.483. The average molecular weight is 467 g/mol. The van der Waals surface area contributed by atoms with E-state index in [4.69, 9.17) is 4.74 Å². The van der Waals surface area contributed by atoms with Gasteiger partial charge in [-0.15, -0.1) is 0 Å². The lowest BCUT2D eigenvalue weighted by atomic mass is 9.63. The van der Waals surface area contributed by atoms with Crippen LogP contribution in [0.5, 0.6) is 0 Å². The van der Waals surface area contributed by atoms with E-state index in [-0.39, 0.29) is 16.7 Å². The number of anilines is 1. The van der Waals surface area contributed by atoms with Crippen LogP contribution < -0.4 is 10.2 Å². The molecule has 0 aromatic heterocycles. The minimum Gasteiger partial charge on any atom is -0.516 e. The van der Waals surface area contributed by atoms with Crippen LogP contribution in [0.1, 0.15) is 78.9 Å². The lowest BCUT2D eigenvalue weighted by Crippen LogP contribution is -2.35. The van der Waals surface area contributed by atoms with Gasteiger partial charge < -0.3 is 20.1 Å². The molecule has 0 saturated carbocycles. The predicted octanol–water partition coefficient (Wildman–Crippen LogP) is 6.78. The van der Waals surface area contributed by atoms with E-state index >= 15 is 0 Å². The third-order valence-corrected chi connectivity index (χ3v) is 6.65. The van der Waals surface area contributed by atoms with Crippen molar-refractivity contribution < 1.29 is 14.6 Å². The minimum absolute atomic E-state index is 0.0638. The van der Waals surface area contributed by atoms with Gasteiger partial charge in [0.25, 0.3) is 5.91 Å². The van der Waals surface area contributed by atoms with E-state index < -0.39 is 0 Å². The summed E-state index contributed by atoms with van der Waals surface area (Å²) in [6.45, 7) is 15.5. The largest absolute Gasteiger partial charge is 0.516 e. The van der Waals surface area contributed by atoms with Gasteiger partial charge in [-0.2, -0.15) is 0 Å². The second-order valence-electron chi connectivity index (χ2n) is 10.0. The number of carbonyl (C=O) groups excluding carboxylic acids is 1. The summed E-state index contributed by atoms with van der Waals surface area (Å²) >= 11 is 0. The van der Waals surface area contributed by atoms with Gasteiger partial charge in [0.1, 0.15) is 11.5 Å². The van der Waals surface area contributed by atoms with Gasteiger partial charge in [-0.3, -0.25) is 4.79 Å². The molecular formula is C29H42N2O3. The van der Waals surface area contributed by atoms with Crippen molar-refractivity contribution in [1.82, 2.24) is 5.32 Å². The van der Waals surface area contributed by atoms with Gasteiger partial charge >= 0.3 is 0 Å². The number of hydrogen-bond donors (Lipinski definition) is 2. The van der Waals surface area contributed by atoms with Crippen LogP contribution >= 0.6 is 0 Å². The monoisotopic (exact) mass is 466 g/mol. The molecule has 34 heavy (non-hydrogen) atoms. The van der Waals surface area contributed by atoms with Gasteiger partial charge in [-0.25, -0.2) is 0 Å². The van der Waals surface area contributed by atoms with Crippen molar-refractivity contribution in [2.24, 2.45) is 0 Å². The van der Waals surface area contributed by atoms with Crippen LogP contribution in [0.25, 0.3) is 0 Å². The number of fused-ring (bicyclic) bond motifs is 1. The van der Waals surface area contributed by atoms with Crippen LogP contribution in [0.15, 0.2) is 65.9 Å². The molecule has 0 bridgehead atoms. The molecular weight excluding hydrogens is 424 g/mol. The molecule has 5 nitrogen and oxygen atoms in total. The topological polar surface area (TPSA) is 61.8 Å². The third kappa shape index (κ3) is 6.13. The highest BCUT2D eigenvalue weighted by Crippen LogP contribution is 2.46. The van der Waals surface area contributed by atoms with Crippen molar-refractivity contribution >= 4 is 11.6 Å². The van der Waals surface area contributed by atoms with Crippen LogP contribution in [0.2, 0.25) is 0 Å². The minimum atomic E-state index is -0.285. The number of carbonyl (C=O) groups is 1. The van der Waals surface area contributed by atoms with Crippen molar-refractivity contribution in [3.05, 3.63) is 77.0 Å². The van der Waals surface area contributed by atoms with Crippen molar-refractivity contribution in [3.8, 4) is 0 Å². The normalized spacial score (nSPS) is 17.9. The molecule has 186 valence electrons. The lowest BCUT2D eigenvalue weighted by molar-refractivity contribution is -0.116. The number of aliphatic hydroxyl groups excluding tert-OH is 1. The van der Waals surface area contributed by atoms with Gasteiger partial charge in [-0.1, -0.05) is 46.8 Å². The highest BCUT2D eigenvalue weighted by Gasteiger charge is 2.37. The van der Waals surface area contributed by atoms with Crippen molar-refractivity contribution in [3.63, 3.8) is 0 Å². The van der Waals surface area contributed by atoms with E-state index in [2.05, 4.69) is 51.2 Å². The van der Waals surface area contributed by atoms with Gasteiger partial charge in [0.2, 0.25) is 0 Å². The number of allylic oxidation sites excluding steroid dienone is 4. The number of aliphatic hydroxyl groups is 1. The number of amides is 1. The zero-order chi connectivity index (χ0) is 25.5. The summed E-state index contributed by atoms with van der Waals surface area (Å²) in [4.78, 5) is 15.3. The van der Waals surface area contributed by atoms with E-state index in [1.165, 1.54) is 17.2 Å². The SMILES string of the molecule is C/C=C(NC(=O)/C(=C/C=C\O)N(C)c1ccc2c(c1)C(C)(C)CCC2(C)C)\C(=C/CC)OCC. The lowest BCUT2D eigenvalue weighted by Gasteiger charge is -2.42. The van der Waals surface area contributed by atoms with E-state index in [9.17, 15) is 9.90 Å². The molecule has 0 radical (unpaired) electrons. The van der Waals surface area contributed by atoms with Crippen LogP contribution in [0.4, 0.5) is 5.69 Å².